The minimum atomic E-state index is -1.04. The summed E-state index contributed by atoms with van der Waals surface area (Å²) < 4.78 is 13.9. The van der Waals surface area contributed by atoms with E-state index in [4.69, 9.17) is 11.6 Å². The third-order valence-electron chi connectivity index (χ3n) is 4.97. The zero-order valence-electron chi connectivity index (χ0n) is 14.7. The molecule has 1 aliphatic heterocycles. The van der Waals surface area contributed by atoms with Crippen LogP contribution in [-0.4, -0.2) is 42.3 Å². The smallest absolute Gasteiger partial charge is 0.411 e. The molecule has 1 heterocycles. The lowest BCUT2D eigenvalue weighted by Gasteiger charge is -2.26. The number of carboxylic acid groups (broad SMARTS) is 1. The number of anilines is 1. The van der Waals surface area contributed by atoms with Crippen LogP contribution in [0, 0.1) is 5.82 Å². The first-order chi connectivity index (χ1) is 12.5. The third-order valence-corrected chi connectivity index (χ3v) is 5.21. The second-order valence-electron chi connectivity index (χ2n) is 6.67. The van der Waals surface area contributed by atoms with Crippen LogP contribution in [0.2, 0.25) is 5.02 Å². The molecule has 0 aliphatic carbocycles. The van der Waals surface area contributed by atoms with Gasteiger partial charge in [0.15, 0.2) is 0 Å². The van der Waals surface area contributed by atoms with E-state index in [0.717, 1.165) is 25.8 Å². The molecule has 0 saturated carbocycles. The van der Waals surface area contributed by atoms with Gasteiger partial charge in [0.1, 0.15) is 5.82 Å². The van der Waals surface area contributed by atoms with Crippen molar-refractivity contribution in [3.05, 3.63) is 53.3 Å². The molecule has 1 unspecified atom stereocenters. The number of rotatable bonds is 5. The van der Waals surface area contributed by atoms with E-state index >= 15 is 0 Å². The summed E-state index contributed by atoms with van der Waals surface area (Å²) in [5.74, 6) is -0.412. The number of hydrogen-bond acceptors (Lipinski definition) is 2. The summed E-state index contributed by atoms with van der Waals surface area (Å²) in [7, 11) is 2.07. The summed E-state index contributed by atoms with van der Waals surface area (Å²) in [5.41, 5.74) is 1.69. The van der Waals surface area contributed by atoms with Gasteiger partial charge in [-0.3, -0.25) is 4.90 Å². The van der Waals surface area contributed by atoms with Crippen molar-refractivity contribution < 1.29 is 14.3 Å². The molecule has 26 heavy (non-hydrogen) atoms. The Morgan fingerprint density at radius 3 is 2.81 bits per heavy atom. The molecule has 1 amide bonds. The molecular formula is C20H22ClFN2O2. The van der Waals surface area contributed by atoms with E-state index in [-0.39, 0.29) is 0 Å². The second-order valence-corrected chi connectivity index (χ2v) is 7.11. The SMILES string of the molecule is CN1CCCC1CCN(C(=O)O)c1ccc(F)cc1-c1cccc(Cl)c1. The van der Waals surface area contributed by atoms with Crippen LogP contribution in [0.3, 0.4) is 0 Å². The van der Waals surface area contributed by atoms with Crippen LogP contribution in [0.5, 0.6) is 0 Å². The van der Waals surface area contributed by atoms with E-state index < -0.39 is 11.9 Å². The summed E-state index contributed by atoms with van der Waals surface area (Å²) in [6.07, 6.45) is 1.92. The molecule has 1 N–H and O–H groups in total. The van der Waals surface area contributed by atoms with Crippen LogP contribution in [0.1, 0.15) is 19.3 Å². The lowest BCUT2D eigenvalue weighted by Crippen LogP contribution is -2.35. The Labute approximate surface area is 157 Å². The van der Waals surface area contributed by atoms with Crippen LogP contribution in [-0.2, 0) is 0 Å². The molecule has 6 heteroatoms. The molecule has 1 aliphatic rings. The van der Waals surface area contributed by atoms with Gasteiger partial charge in [-0.2, -0.15) is 0 Å². The molecule has 2 aromatic carbocycles. The zero-order chi connectivity index (χ0) is 18.7. The maximum atomic E-state index is 13.9. The van der Waals surface area contributed by atoms with Crippen molar-refractivity contribution in [2.24, 2.45) is 0 Å². The summed E-state index contributed by atoms with van der Waals surface area (Å²) in [4.78, 5) is 15.5. The molecule has 4 nitrogen and oxygen atoms in total. The molecule has 0 radical (unpaired) electrons. The molecule has 1 atom stereocenters. The molecule has 0 aromatic heterocycles. The van der Waals surface area contributed by atoms with Crippen molar-refractivity contribution in [1.29, 1.82) is 0 Å². The number of nitrogens with zero attached hydrogens (tertiary/aromatic N) is 2. The zero-order valence-corrected chi connectivity index (χ0v) is 15.4. The number of carbonyl (C=O) groups is 1. The quantitative estimate of drug-likeness (QED) is 0.788. The maximum Gasteiger partial charge on any atom is 0.411 e. The second kappa shape index (κ2) is 8.06. The first-order valence-electron chi connectivity index (χ1n) is 8.72. The number of benzene rings is 2. The van der Waals surface area contributed by atoms with Gasteiger partial charge in [0.25, 0.3) is 0 Å². The minimum absolute atomic E-state index is 0.365. The van der Waals surface area contributed by atoms with Gasteiger partial charge in [-0.1, -0.05) is 23.7 Å². The van der Waals surface area contributed by atoms with Gasteiger partial charge in [-0.15, -0.1) is 0 Å². The van der Waals surface area contributed by atoms with Crippen molar-refractivity contribution in [3.8, 4) is 11.1 Å². The Hall–Kier alpha value is -2.11. The molecule has 0 bridgehead atoms. The first kappa shape index (κ1) is 18.7. The van der Waals surface area contributed by atoms with Gasteiger partial charge in [0.2, 0.25) is 0 Å². The van der Waals surface area contributed by atoms with Gasteiger partial charge < -0.3 is 10.0 Å². The van der Waals surface area contributed by atoms with Crippen LogP contribution < -0.4 is 4.90 Å². The monoisotopic (exact) mass is 376 g/mol. The van der Waals surface area contributed by atoms with E-state index in [1.165, 1.54) is 23.1 Å². The largest absolute Gasteiger partial charge is 0.465 e. The van der Waals surface area contributed by atoms with E-state index in [1.807, 2.05) is 0 Å². The molecular weight excluding hydrogens is 355 g/mol. The molecule has 0 spiro atoms. The fraction of sp³-hybridized carbons (Fsp3) is 0.350. The van der Waals surface area contributed by atoms with Gasteiger partial charge in [-0.25, -0.2) is 9.18 Å². The molecule has 1 saturated heterocycles. The Morgan fingerprint density at radius 1 is 1.35 bits per heavy atom. The Kier molecular flexibility index (Phi) is 5.79. The van der Waals surface area contributed by atoms with E-state index in [1.54, 1.807) is 24.3 Å². The highest BCUT2D eigenvalue weighted by molar-refractivity contribution is 6.30. The number of amides is 1. The van der Waals surface area contributed by atoms with Crippen molar-refractivity contribution >= 4 is 23.4 Å². The summed E-state index contributed by atoms with van der Waals surface area (Å²) in [5, 5.41) is 10.3. The van der Waals surface area contributed by atoms with Crippen LogP contribution >= 0.6 is 11.6 Å². The van der Waals surface area contributed by atoms with Crippen molar-refractivity contribution in [2.75, 3.05) is 25.0 Å². The fourth-order valence-corrected chi connectivity index (χ4v) is 3.76. The summed E-state index contributed by atoms with van der Waals surface area (Å²) in [6, 6.07) is 11.6. The van der Waals surface area contributed by atoms with E-state index in [0.29, 0.717) is 34.4 Å². The van der Waals surface area contributed by atoms with Crippen LogP contribution in [0.4, 0.5) is 14.9 Å². The number of halogens is 2. The lowest BCUT2D eigenvalue weighted by atomic mass is 10.0. The third kappa shape index (κ3) is 4.17. The number of hydrogen-bond donors (Lipinski definition) is 1. The molecule has 1 fully saturated rings. The lowest BCUT2D eigenvalue weighted by molar-refractivity contribution is 0.200. The highest BCUT2D eigenvalue weighted by Gasteiger charge is 2.25. The normalized spacial score (nSPS) is 17.4. The molecule has 2 aromatic rings. The number of likely N-dealkylation sites (tertiary alicyclic amines) is 1. The van der Waals surface area contributed by atoms with Crippen LogP contribution in [0.25, 0.3) is 11.1 Å². The Morgan fingerprint density at radius 2 is 2.15 bits per heavy atom. The average Bonchev–Trinajstić information content (AvgIpc) is 3.01. The van der Waals surface area contributed by atoms with Gasteiger partial charge in [-0.05, 0) is 68.8 Å². The standard InChI is InChI=1S/C20H22ClFN2O2/c1-23-10-3-6-17(23)9-11-24(20(25)26)19-8-7-16(22)13-18(19)14-4-2-5-15(21)12-14/h2,4-5,7-8,12-13,17H,3,6,9-11H2,1H3,(H,25,26). The summed E-state index contributed by atoms with van der Waals surface area (Å²) in [6.45, 7) is 1.41. The summed E-state index contributed by atoms with van der Waals surface area (Å²) >= 11 is 6.06. The van der Waals surface area contributed by atoms with Gasteiger partial charge in [0.05, 0.1) is 5.69 Å². The highest BCUT2D eigenvalue weighted by atomic mass is 35.5. The topological polar surface area (TPSA) is 43.8 Å². The fourth-order valence-electron chi connectivity index (χ4n) is 3.57. The first-order valence-corrected chi connectivity index (χ1v) is 9.09. The molecule has 138 valence electrons. The Bertz CT molecular complexity index is 799. The van der Waals surface area contributed by atoms with Crippen molar-refractivity contribution in [2.45, 2.75) is 25.3 Å². The van der Waals surface area contributed by atoms with Gasteiger partial charge >= 0.3 is 6.09 Å². The predicted octanol–water partition coefficient (Wildman–Crippen LogP) is 5.11. The van der Waals surface area contributed by atoms with Crippen molar-refractivity contribution in [3.63, 3.8) is 0 Å². The predicted molar refractivity (Wildman–Crippen MR) is 102 cm³/mol. The van der Waals surface area contributed by atoms with Gasteiger partial charge in [0, 0.05) is 23.2 Å². The average molecular weight is 377 g/mol. The highest BCUT2D eigenvalue weighted by Crippen LogP contribution is 2.33. The maximum absolute atomic E-state index is 13.9. The molecule has 3 rings (SSSR count). The Balaban J connectivity index is 1.92. The minimum Gasteiger partial charge on any atom is -0.465 e. The van der Waals surface area contributed by atoms with E-state index in [2.05, 4.69) is 11.9 Å². The van der Waals surface area contributed by atoms with Crippen LogP contribution in [0.15, 0.2) is 42.5 Å². The van der Waals surface area contributed by atoms with E-state index in [9.17, 15) is 14.3 Å². The van der Waals surface area contributed by atoms with Crippen molar-refractivity contribution in [1.82, 2.24) is 4.90 Å².